The Morgan fingerprint density at radius 3 is 2.37 bits per heavy atom. The van der Waals surface area contributed by atoms with Crippen molar-refractivity contribution in [2.24, 2.45) is 5.92 Å². The standard InChI is InChI=1S/C25H31FN2O7/c1-17(2)23(30)27-12-13-28(25(32)35-15-18-8-10-20(33-3)11-9-18)14-19(29)16-34-24(31)21-6-4-5-7-22(21)26/h4-11,17,19,29H,12-16H2,1-3H3,(H,27,30). The third-order valence-electron chi connectivity index (χ3n) is 4.92. The molecule has 1 atom stereocenters. The number of carbonyl (C=O) groups excluding carboxylic acids is 3. The zero-order valence-electron chi connectivity index (χ0n) is 20.0. The summed E-state index contributed by atoms with van der Waals surface area (Å²) in [6, 6.07) is 12.3. The largest absolute Gasteiger partial charge is 0.497 e. The number of hydrogen-bond donors (Lipinski definition) is 2. The van der Waals surface area contributed by atoms with Crippen LogP contribution in [0.3, 0.4) is 0 Å². The van der Waals surface area contributed by atoms with E-state index < -0.39 is 30.6 Å². The molecule has 190 valence electrons. The van der Waals surface area contributed by atoms with Gasteiger partial charge in [-0.3, -0.25) is 4.79 Å². The number of aliphatic hydroxyl groups is 1. The summed E-state index contributed by atoms with van der Waals surface area (Å²) in [5, 5.41) is 13.0. The van der Waals surface area contributed by atoms with Gasteiger partial charge < -0.3 is 29.5 Å². The first-order valence-corrected chi connectivity index (χ1v) is 11.1. The van der Waals surface area contributed by atoms with Crippen molar-refractivity contribution in [3.05, 3.63) is 65.5 Å². The lowest BCUT2D eigenvalue weighted by Crippen LogP contribution is -2.44. The summed E-state index contributed by atoms with van der Waals surface area (Å²) in [6.45, 7) is 2.95. The number of benzene rings is 2. The highest BCUT2D eigenvalue weighted by Gasteiger charge is 2.21. The Balaban J connectivity index is 1.94. The summed E-state index contributed by atoms with van der Waals surface area (Å²) in [7, 11) is 1.55. The summed E-state index contributed by atoms with van der Waals surface area (Å²) >= 11 is 0. The van der Waals surface area contributed by atoms with Gasteiger partial charge in [0.2, 0.25) is 5.91 Å². The van der Waals surface area contributed by atoms with Gasteiger partial charge >= 0.3 is 12.1 Å². The van der Waals surface area contributed by atoms with Crippen LogP contribution >= 0.6 is 0 Å². The number of ether oxygens (including phenoxy) is 3. The summed E-state index contributed by atoms with van der Waals surface area (Å²) in [4.78, 5) is 37.8. The lowest BCUT2D eigenvalue weighted by Gasteiger charge is -2.25. The minimum absolute atomic E-state index is 0.0178. The quantitative estimate of drug-likeness (QED) is 0.440. The number of nitrogens with zero attached hydrogens (tertiary/aromatic N) is 1. The van der Waals surface area contributed by atoms with Gasteiger partial charge in [-0.1, -0.05) is 38.1 Å². The van der Waals surface area contributed by atoms with E-state index in [1.165, 1.54) is 23.1 Å². The molecule has 0 spiro atoms. The first-order chi connectivity index (χ1) is 16.7. The normalized spacial score (nSPS) is 11.5. The van der Waals surface area contributed by atoms with Gasteiger partial charge in [0.25, 0.3) is 0 Å². The molecule has 2 aromatic carbocycles. The van der Waals surface area contributed by atoms with E-state index >= 15 is 0 Å². The molecule has 0 aliphatic rings. The summed E-state index contributed by atoms with van der Waals surface area (Å²) in [5.74, 6) is -1.42. The van der Waals surface area contributed by atoms with Crippen molar-refractivity contribution < 1.29 is 38.1 Å². The molecule has 0 saturated carbocycles. The molecule has 2 rings (SSSR count). The molecule has 0 saturated heterocycles. The number of halogens is 1. The molecule has 0 aliphatic carbocycles. The Hall–Kier alpha value is -3.66. The molecule has 2 amide bonds. The molecule has 0 fully saturated rings. The molecule has 0 heterocycles. The molecule has 9 nitrogen and oxygen atoms in total. The van der Waals surface area contributed by atoms with E-state index in [-0.39, 0.29) is 43.6 Å². The number of carbonyl (C=O) groups is 3. The number of nitrogens with one attached hydrogen (secondary N) is 1. The van der Waals surface area contributed by atoms with Gasteiger partial charge in [-0.05, 0) is 29.8 Å². The zero-order chi connectivity index (χ0) is 25.8. The van der Waals surface area contributed by atoms with Crippen molar-refractivity contribution in [1.82, 2.24) is 10.2 Å². The fraction of sp³-hybridized carbons (Fsp3) is 0.400. The minimum Gasteiger partial charge on any atom is -0.497 e. The topological polar surface area (TPSA) is 114 Å². The Kier molecular flexibility index (Phi) is 11.0. The van der Waals surface area contributed by atoms with Gasteiger partial charge in [0.1, 0.15) is 30.9 Å². The van der Waals surface area contributed by atoms with E-state index in [2.05, 4.69) is 5.32 Å². The number of methoxy groups -OCH3 is 1. The van der Waals surface area contributed by atoms with Gasteiger partial charge in [-0.25, -0.2) is 14.0 Å². The highest BCUT2D eigenvalue weighted by molar-refractivity contribution is 5.89. The van der Waals surface area contributed by atoms with E-state index in [0.29, 0.717) is 5.75 Å². The molecule has 0 aliphatic heterocycles. The second-order valence-electron chi connectivity index (χ2n) is 8.03. The number of hydrogen-bond acceptors (Lipinski definition) is 7. The van der Waals surface area contributed by atoms with Crippen LogP contribution in [-0.4, -0.2) is 67.4 Å². The van der Waals surface area contributed by atoms with E-state index in [1.807, 2.05) is 0 Å². The van der Waals surface area contributed by atoms with Crippen LogP contribution in [0.1, 0.15) is 29.8 Å². The Bertz CT molecular complexity index is 982. The molecular formula is C25H31FN2O7. The van der Waals surface area contributed by atoms with Crippen LogP contribution in [-0.2, 0) is 20.9 Å². The molecular weight excluding hydrogens is 459 g/mol. The zero-order valence-corrected chi connectivity index (χ0v) is 20.0. The van der Waals surface area contributed by atoms with Crippen molar-refractivity contribution in [2.75, 3.05) is 33.4 Å². The third kappa shape index (κ3) is 9.24. The predicted molar refractivity (Wildman–Crippen MR) is 125 cm³/mol. The van der Waals surface area contributed by atoms with Gasteiger partial charge in [-0.15, -0.1) is 0 Å². The molecule has 1 unspecified atom stereocenters. The predicted octanol–water partition coefficient (Wildman–Crippen LogP) is 2.76. The summed E-state index contributed by atoms with van der Waals surface area (Å²) in [6.07, 6.45) is -1.99. The van der Waals surface area contributed by atoms with Crippen LogP contribution in [0.25, 0.3) is 0 Å². The molecule has 0 radical (unpaired) electrons. The van der Waals surface area contributed by atoms with Crippen LogP contribution in [0.15, 0.2) is 48.5 Å². The van der Waals surface area contributed by atoms with Crippen LogP contribution in [0.5, 0.6) is 5.75 Å². The molecule has 2 N–H and O–H groups in total. The van der Waals surface area contributed by atoms with Crippen molar-refractivity contribution >= 4 is 18.0 Å². The highest BCUT2D eigenvalue weighted by Crippen LogP contribution is 2.13. The van der Waals surface area contributed by atoms with Crippen LogP contribution in [0.2, 0.25) is 0 Å². The number of rotatable bonds is 12. The first-order valence-electron chi connectivity index (χ1n) is 11.1. The monoisotopic (exact) mass is 490 g/mol. The van der Waals surface area contributed by atoms with Gasteiger partial charge in [0.15, 0.2) is 0 Å². The number of aliphatic hydroxyl groups excluding tert-OH is 1. The number of amides is 2. The van der Waals surface area contributed by atoms with Crippen molar-refractivity contribution in [3.63, 3.8) is 0 Å². The van der Waals surface area contributed by atoms with E-state index in [4.69, 9.17) is 14.2 Å². The minimum atomic E-state index is -1.26. The molecule has 10 heteroatoms. The number of esters is 1. The average Bonchev–Trinajstić information content (AvgIpc) is 2.85. The van der Waals surface area contributed by atoms with Crippen LogP contribution < -0.4 is 10.1 Å². The van der Waals surface area contributed by atoms with E-state index in [0.717, 1.165) is 11.6 Å². The Labute approximate surface area is 203 Å². The molecule has 0 bridgehead atoms. The SMILES string of the molecule is COc1ccc(COC(=O)N(CCNC(=O)C(C)C)CC(O)COC(=O)c2ccccc2F)cc1. The van der Waals surface area contributed by atoms with Crippen LogP contribution in [0, 0.1) is 11.7 Å². The van der Waals surface area contributed by atoms with E-state index in [1.54, 1.807) is 45.2 Å². The lowest BCUT2D eigenvalue weighted by molar-refractivity contribution is -0.124. The fourth-order valence-corrected chi connectivity index (χ4v) is 2.92. The second-order valence-corrected chi connectivity index (χ2v) is 8.03. The third-order valence-corrected chi connectivity index (χ3v) is 4.92. The maximum Gasteiger partial charge on any atom is 0.410 e. The summed E-state index contributed by atoms with van der Waals surface area (Å²) in [5.41, 5.74) is 0.471. The first kappa shape index (κ1) is 27.6. The van der Waals surface area contributed by atoms with Gasteiger partial charge in [-0.2, -0.15) is 0 Å². The van der Waals surface area contributed by atoms with Gasteiger partial charge in [0, 0.05) is 19.0 Å². The maximum absolute atomic E-state index is 13.7. The Morgan fingerprint density at radius 2 is 1.74 bits per heavy atom. The van der Waals surface area contributed by atoms with Crippen LogP contribution in [0.4, 0.5) is 9.18 Å². The second kappa shape index (κ2) is 13.9. The molecule has 0 aromatic heterocycles. The average molecular weight is 491 g/mol. The summed E-state index contributed by atoms with van der Waals surface area (Å²) < 4.78 is 29.2. The maximum atomic E-state index is 13.7. The van der Waals surface area contributed by atoms with Gasteiger partial charge in [0.05, 0.1) is 19.2 Å². The van der Waals surface area contributed by atoms with Crippen molar-refractivity contribution in [2.45, 2.75) is 26.6 Å². The lowest BCUT2D eigenvalue weighted by atomic mass is 10.2. The molecule has 2 aromatic rings. The van der Waals surface area contributed by atoms with E-state index in [9.17, 15) is 23.9 Å². The van der Waals surface area contributed by atoms with Crippen molar-refractivity contribution in [1.29, 1.82) is 0 Å². The highest BCUT2D eigenvalue weighted by atomic mass is 19.1. The fourth-order valence-electron chi connectivity index (χ4n) is 2.92. The molecule has 35 heavy (non-hydrogen) atoms. The smallest absolute Gasteiger partial charge is 0.410 e. The van der Waals surface area contributed by atoms with Crippen molar-refractivity contribution in [3.8, 4) is 5.75 Å². The Morgan fingerprint density at radius 1 is 1.06 bits per heavy atom.